The fourth-order valence-electron chi connectivity index (χ4n) is 4.39. The molecule has 0 bridgehead atoms. The van der Waals surface area contributed by atoms with Gasteiger partial charge >= 0.3 is 0 Å². The SMILES string of the molecule is Cc1ccc(C(C)NC(=O)CN2CCC(C(=O)c3ccc4c(c3)OCCO4)CC2)cc1C. The maximum atomic E-state index is 13.0. The number of piperidine rings is 1. The number of carbonyl (C=O) groups is 2. The van der Waals surface area contributed by atoms with Crippen molar-refractivity contribution in [3.8, 4) is 11.5 Å². The van der Waals surface area contributed by atoms with E-state index in [-0.39, 0.29) is 23.7 Å². The fourth-order valence-corrected chi connectivity index (χ4v) is 4.39. The van der Waals surface area contributed by atoms with Gasteiger partial charge in [0.1, 0.15) is 13.2 Å². The lowest BCUT2D eigenvalue weighted by Gasteiger charge is -2.31. The molecule has 4 rings (SSSR count). The summed E-state index contributed by atoms with van der Waals surface area (Å²) in [5.41, 5.74) is 4.27. The van der Waals surface area contributed by atoms with Gasteiger partial charge in [-0.2, -0.15) is 0 Å². The van der Waals surface area contributed by atoms with Crippen LogP contribution in [0.1, 0.15) is 52.9 Å². The van der Waals surface area contributed by atoms with Crippen LogP contribution in [0.2, 0.25) is 0 Å². The Morgan fingerprint density at radius 3 is 2.44 bits per heavy atom. The molecule has 0 saturated carbocycles. The number of rotatable bonds is 6. The van der Waals surface area contributed by atoms with Crippen LogP contribution in [0, 0.1) is 19.8 Å². The van der Waals surface area contributed by atoms with Gasteiger partial charge in [0.25, 0.3) is 0 Å². The standard InChI is InChI=1S/C26H32N2O4/c1-17-4-5-21(14-18(17)2)19(3)27-25(29)16-28-10-8-20(9-11-28)26(30)22-6-7-23-24(15-22)32-13-12-31-23/h4-7,14-15,19-20H,8-13,16H2,1-3H3,(H,27,29). The molecule has 1 N–H and O–H groups in total. The smallest absolute Gasteiger partial charge is 0.234 e. The van der Waals surface area contributed by atoms with Crippen LogP contribution in [0.15, 0.2) is 36.4 Å². The van der Waals surface area contributed by atoms with E-state index in [1.807, 2.05) is 19.1 Å². The van der Waals surface area contributed by atoms with Gasteiger partial charge in [0.05, 0.1) is 12.6 Å². The molecule has 2 aliphatic heterocycles. The molecule has 1 amide bonds. The van der Waals surface area contributed by atoms with Crippen LogP contribution >= 0.6 is 0 Å². The molecule has 1 fully saturated rings. The van der Waals surface area contributed by atoms with Crippen molar-refractivity contribution in [1.29, 1.82) is 0 Å². The van der Waals surface area contributed by atoms with Crippen molar-refractivity contribution in [1.82, 2.24) is 10.2 Å². The van der Waals surface area contributed by atoms with Crippen LogP contribution in [0.25, 0.3) is 0 Å². The van der Waals surface area contributed by atoms with Gasteiger partial charge in [0, 0.05) is 11.5 Å². The van der Waals surface area contributed by atoms with E-state index in [1.54, 1.807) is 6.07 Å². The quantitative estimate of drug-likeness (QED) is 0.697. The molecule has 0 aromatic heterocycles. The average Bonchev–Trinajstić information content (AvgIpc) is 2.80. The first-order chi connectivity index (χ1) is 15.4. The summed E-state index contributed by atoms with van der Waals surface area (Å²) in [6, 6.07) is 11.7. The Bertz CT molecular complexity index is 995. The van der Waals surface area contributed by atoms with E-state index in [2.05, 4.69) is 42.3 Å². The third kappa shape index (κ3) is 5.13. The van der Waals surface area contributed by atoms with Crippen LogP contribution in [-0.2, 0) is 4.79 Å². The highest BCUT2D eigenvalue weighted by molar-refractivity contribution is 5.98. The van der Waals surface area contributed by atoms with E-state index in [1.165, 1.54) is 11.1 Å². The number of benzene rings is 2. The van der Waals surface area contributed by atoms with E-state index in [0.29, 0.717) is 36.8 Å². The molecule has 2 aromatic carbocycles. The summed E-state index contributed by atoms with van der Waals surface area (Å²) in [6.07, 6.45) is 1.51. The predicted octanol–water partition coefficient (Wildman–Crippen LogP) is 3.85. The zero-order valence-corrected chi connectivity index (χ0v) is 19.1. The van der Waals surface area contributed by atoms with E-state index in [9.17, 15) is 9.59 Å². The molecule has 6 nitrogen and oxygen atoms in total. The molecular weight excluding hydrogens is 404 g/mol. The number of carbonyl (C=O) groups excluding carboxylic acids is 2. The topological polar surface area (TPSA) is 67.9 Å². The van der Waals surface area contributed by atoms with Crippen molar-refractivity contribution in [2.24, 2.45) is 5.92 Å². The van der Waals surface area contributed by atoms with Crippen LogP contribution in [-0.4, -0.2) is 49.4 Å². The fraction of sp³-hybridized carbons (Fsp3) is 0.462. The summed E-state index contributed by atoms with van der Waals surface area (Å²) >= 11 is 0. The maximum Gasteiger partial charge on any atom is 0.234 e. The molecule has 2 heterocycles. The summed E-state index contributed by atoms with van der Waals surface area (Å²) < 4.78 is 11.1. The highest BCUT2D eigenvalue weighted by Gasteiger charge is 2.28. The molecule has 0 radical (unpaired) electrons. The second kappa shape index (κ2) is 9.74. The van der Waals surface area contributed by atoms with Crippen molar-refractivity contribution < 1.29 is 19.1 Å². The van der Waals surface area contributed by atoms with Crippen LogP contribution in [0.4, 0.5) is 0 Å². The first kappa shape index (κ1) is 22.3. The minimum atomic E-state index is -0.0314. The number of ether oxygens (including phenoxy) is 2. The molecule has 0 spiro atoms. The predicted molar refractivity (Wildman–Crippen MR) is 123 cm³/mol. The number of ketones is 1. The molecule has 170 valence electrons. The molecule has 0 aliphatic carbocycles. The van der Waals surface area contributed by atoms with E-state index < -0.39 is 0 Å². The first-order valence-corrected chi connectivity index (χ1v) is 11.4. The number of hydrogen-bond acceptors (Lipinski definition) is 5. The Kier molecular flexibility index (Phi) is 6.80. The molecule has 1 unspecified atom stereocenters. The van der Waals surface area contributed by atoms with Crippen molar-refractivity contribution in [2.45, 2.75) is 39.7 Å². The number of likely N-dealkylation sites (tertiary alicyclic amines) is 1. The first-order valence-electron chi connectivity index (χ1n) is 11.4. The van der Waals surface area contributed by atoms with Gasteiger partial charge in [-0.05, 0) is 81.6 Å². The number of hydrogen-bond donors (Lipinski definition) is 1. The summed E-state index contributed by atoms with van der Waals surface area (Å²) in [5.74, 6) is 1.49. The minimum Gasteiger partial charge on any atom is -0.486 e. The zero-order valence-electron chi connectivity index (χ0n) is 19.1. The Morgan fingerprint density at radius 2 is 1.72 bits per heavy atom. The Morgan fingerprint density at radius 1 is 1.00 bits per heavy atom. The molecule has 32 heavy (non-hydrogen) atoms. The number of nitrogens with zero attached hydrogens (tertiary/aromatic N) is 1. The van der Waals surface area contributed by atoms with Gasteiger partial charge in [-0.1, -0.05) is 18.2 Å². The Hall–Kier alpha value is -2.86. The molecule has 2 aromatic rings. The lowest BCUT2D eigenvalue weighted by Crippen LogP contribution is -2.43. The normalized spacial score (nSPS) is 17.6. The van der Waals surface area contributed by atoms with E-state index in [4.69, 9.17) is 9.47 Å². The van der Waals surface area contributed by atoms with Crippen LogP contribution < -0.4 is 14.8 Å². The van der Waals surface area contributed by atoms with Crippen LogP contribution in [0.5, 0.6) is 11.5 Å². The second-order valence-electron chi connectivity index (χ2n) is 8.91. The Balaban J connectivity index is 1.26. The number of aryl methyl sites for hydroxylation is 2. The zero-order chi connectivity index (χ0) is 22.7. The summed E-state index contributed by atoms with van der Waals surface area (Å²) in [4.78, 5) is 27.7. The molecule has 1 saturated heterocycles. The lowest BCUT2D eigenvalue weighted by molar-refractivity contribution is -0.123. The monoisotopic (exact) mass is 436 g/mol. The van der Waals surface area contributed by atoms with E-state index in [0.717, 1.165) is 31.5 Å². The maximum absolute atomic E-state index is 13.0. The van der Waals surface area contributed by atoms with E-state index >= 15 is 0 Å². The summed E-state index contributed by atoms with van der Waals surface area (Å²) in [5, 5.41) is 3.11. The number of fused-ring (bicyclic) bond motifs is 1. The minimum absolute atomic E-state index is 0.0207. The molecule has 2 aliphatic rings. The van der Waals surface area contributed by atoms with Crippen molar-refractivity contribution in [3.05, 3.63) is 58.7 Å². The number of nitrogens with one attached hydrogen (secondary N) is 1. The van der Waals surface area contributed by atoms with Crippen molar-refractivity contribution in [2.75, 3.05) is 32.8 Å². The Labute approximate surface area is 189 Å². The average molecular weight is 437 g/mol. The molecule has 1 atom stereocenters. The molecule has 6 heteroatoms. The highest BCUT2D eigenvalue weighted by atomic mass is 16.6. The van der Waals surface area contributed by atoms with Crippen molar-refractivity contribution >= 4 is 11.7 Å². The van der Waals surface area contributed by atoms with Gasteiger partial charge in [0.15, 0.2) is 17.3 Å². The van der Waals surface area contributed by atoms with Crippen molar-refractivity contribution in [3.63, 3.8) is 0 Å². The van der Waals surface area contributed by atoms with Gasteiger partial charge < -0.3 is 14.8 Å². The summed E-state index contributed by atoms with van der Waals surface area (Å²) in [7, 11) is 0. The highest BCUT2D eigenvalue weighted by Crippen LogP contribution is 2.32. The van der Waals surface area contributed by atoms with Gasteiger partial charge in [-0.25, -0.2) is 0 Å². The molecular formula is C26H32N2O4. The third-order valence-corrected chi connectivity index (χ3v) is 6.56. The van der Waals surface area contributed by atoms with Gasteiger partial charge in [-0.15, -0.1) is 0 Å². The van der Waals surface area contributed by atoms with Crippen LogP contribution in [0.3, 0.4) is 0 Å². The lowest BCUT2D eigenvalue weighted by atomic mass is 9.88. The summed E-state index contributed by atoms with van der Waals surface area (Å²) in [6.45, 7) is 9.08. The number of Topliss-reactive ketones (excluding diaryl/α,β-unsaturated/α-hetero) is 1. The van der Waals surface area contributed by atoms with Gasteiger partial charge in [0.2, 0.25) is 5.91 Å². The van der Waals surface area contributed by atoms with Gasteiger partial charge in [-0.3, -0.25) is 14.5 Å². The number of amides is 1. The third-order valence-electron chi connectivity index (χ3n) is 6.56. The largest absolute Gasteiger partial charge is 0.486 e. The second-order valence-corrected chi connectivity index (χ2v) is 8.91.